The summed E-state index contributed by atoms with van der Waals surface area (Å²) in [4.78, 5) is 0.565. The van der Waals surface area contributed by atoms with Crippen LogP contribution in [0.4, 0.5) is 0 Å². The van der Waals surface area contributed by atoms with Gasteiger partial charge in [-0.25, -0.2) is 0 Å². The van der Waals surface area contributed by atoms with E-state index < -0.39 is 0 Å². The zero-order valence-corrected chi connectivity index (χ0v) is 12.8. The summed E-state index contributed by atoms with van der Waals surface area (Å²) in [6.07, 6.45) is 5.37. The van der Waals surface area contributed by atoms with Crippen LogP contribution in [0.5, 0.6) is 0 Å². The first-order valence-corrected chi connectivity index (χ1v) is 7.70. The van der Waals surface area contributed by atoms with Crippen molar-refractivity contribution in [3.63, 3.8) is 0 Å². The number of benzene rings is 1. The Morgan fingerprint density at radius 2 is 1.82 bits per heavy atom. The molecule has 1 heteroatoms. The molecule has 0 spiro atoms. The highest BCUT2D eigenvalue weighted by atomic mass is 79.9. The third kappa shape index (κ3) is 2.76. The smallest absolute Gasteiger partial charge is 0.0423 e. The van der Waals surface area contributed by atoms with Gasteiger partial charge in [-0.05, 0) is 41.7 Å². The summed E-state index contributed by atoms with van der Waals surface area (Å²) in [5.41, 5.74) is 3.21. The molecule has 1 aromatic rings. The second kappa shape index (κ2) is 5.14. The Labute approximate surface area is 114 Å². The highest BCUT2D eigenvalue weighted by Gasteiger charge is 2.26. The Morgan fingerprint density at radius 1 is 1.24 bits per heavy atom. The molecule has 1 aromatic carbocycles. The van der Waals surface area contributed by atoms with Crippen LogP contribution >= 0.6 is 15.9 Å². The summed E-state index contributed by atoms with van der Waals surface area (Å²) >= 11 is 3.85. The molecule has 1 atom stereocenters. The molecular weight excluding hydrogens is 272 g/mol. The highest BCUT2D eigenvalue weighted by Crippen LogP contribution is 2.43. The Hall–Kier alpha value is -0.300. The van der Waals surface area contributed by atoms with Crippen molar-refractivity contribution in [2.75, 3.05) is 0 Å². The molecular formula is C16H23Br. The van der Waals surface area contributed by atoms with E-state index in [0.29, 0.717) is 10.2 Å². The molecule has 0 aromatic heterocycles. The molecule has 1 unspecified atom stereocenters. The van der Waals surface area contributed by atoms with Gasteiger partial charge >= 0.3 is 0 Å². The first-order valence-electron chi connectivity index (χ1n) is 6.79. The van der Waals surface area contributed by atoms with Crippen molar-refractivity contribution >= 4 is 15.9 Å². The predicted molar refractivity (Wildman–Crippen MR) is 78.8 cm³/mol. The summed E-state index contributed by atoms with van der Waals surface area (Å²) in [5.74, 6) is 0.861. The molecule has 17 heavy (non-hydrogen) atoms. The number of rotatable bonds is 4. The molecule has 0 saturated heterocycles. The minimum atomic E-state index is 0.302. The van der Waals surface area contributed by atoms with Crippen molar-refractivity contribution in [1.29, 1.82) is 0 Å². The van der Waals surface area contributed by atoms with E-state index in [-0.39, 0.29) is 0 Å². The lowest BCUT2D eigenvalue weighted by atomic mass is 9.79. The Kier molecular flexibility index (Phi) is 3.97. The average Bonchev–Trinajstić information content (AvgIpc) is 2.27. The molecule has 94 valence electrons. The molecule has 1 aliphatic carbocycles. The molecule has 1 saturated carbocycles. The van der Waals surface area contributed by atoms with Crippen LogP contribution in [0, 0.1) is 5.92 Å². The van der Waals surface area contributed by atoms with Gasteiger partial charge in [-0.2, -0.15) is 0 Å². The van der Waals surface area contributed by atoms with E-state index in [1.165, 1.54) is 36.8 Å². The molecule has 1 fully saturated rings. The van der Waals surface area contributed by atoms with Gasteiger partial charge in [0.05, 0.1) is 0 Å². The lowest BCUT2D eigenvalue weighted by Gasteiger charge is -2.31. The second-order valence-corrected chi connectivity index (χ2v) is 6.94. The zero-order valence-electron chi connectivity index (χ0n) is 11.2. The summed E-state index contributed by atoms with van der Waals surface area (Å²) in [7, 11) is 0. The number of alkyl halides is 1. The largest absolute Gasteiger partial charge is 0.0836 e. The van der Waals surface area contributed by atoms with Crippen LogP contribution in [-0.2, 0) is 5.41 Å². The van der Waals surface area contributed by atoms with Crippen LogP contribution in [0.15, 0.2) is 24.3 Å². The molecule has 1 aliphatic rings. The molecule has 0 amide bonds. The van der Waals surface area contributed by atoms with Gasteiger partial charge in [0, 0.05) is 4.83 Å². The van der Waals surface area contributed by atoms with E-state index >= 15 is 0 Å². The van der Waals surface area contributed by atoms with Gasteiger partial charge in [-0.3, -0.25) is 0 Å². The fraction of sp³-hybridized carbons (Fsp3) is 0.625. The number of halogens is 1. The summed E-state index contributed by atoms with van der Waals surface area (Å²) < 4.78 is 0. The first-order chi connectivity index (χ1) is 8.04. The van der Waals surface area contributed by atoms with Crippen LogP contribution in [0.25, 0.3) is 0 Å². The number of hydrogen-bond acceptors (Lipinski definition) is 0. The quantitative estimate of drug-likeness (QED) is 0.633. The Bertz CT molecular complexity index is 360. The fourth-order valence-corrected chi connectivity index (χ4v) is 3.16. The van der Waals surface area contributed by atoms with Crippen molar-refractivity contribution in [3.05, 3.63) is 35.4 Å². The van der Waals surface area contributed by atoms with Gasteiger partial charge in [-0.15, -0.1) is 0 Å². The van der Waals surface area contributed by atoms with Gasteiger partial charge in [0.25, 0.3) is 0 Å². The van der Waals surface area contributed by atoms with Crippen molar-refractivity contribution in [2.24, 2.45) is 5.92 Å². The van der Waals surface area contributed by atoms with Gasteiger partial charge in [-0.1, -0.05) is 67.4 Å². The van der Waals surface area contributed by atoms with Crippen LogP contribution in [0.2, 0.25) is 0 Å². The molecule has 0 N–H and O–H groups in total. The fourth-order valence-electron chi connectivity index (χ4n) is 2.33. The van der Waals surface area contributed by atoms with Crippen molar-refractivity contribution in [1.82, 2.24) is 0 Å². The van der Waals surface area contributed by atoms with E-state index in [0.717, 1.165) is 5.92 Å². The van der Waals surface area contributed by atoms with E-state index in [4.69, 9.17) is 0 Å². The molecule has 0 aliphatic heterocycles. The SMILES string of the molecule is CCC(C)(C)c1ccc(C(Br)C2CCC2)cc1. The van der Waals surface area contributed by atoms with Crippen LogP contribution < -0.4 is 0 Å². The maximum Gasteiger partial charge on any atom is 0.0423 e. The zero-order chi connectivity index (χ0) is 12.5. The maximum absolute atomic E-state index is 3.85. The van der Waals surface area contributed by atoms with Gasteiger partial charge in [0.2, 0.25) is 0 Å². The van der Waals surface area contributed by atoms with E-state index in [9.17, 15) is 0 Å². The summed E-state index contributed by atoms with van der Waals surface area (Å²) in [6.45, 7) is 6.90. The van der Waals surface area contributed by atoms with Crippen LogP contribution in [0.1, 0.15) is 62.4 Å². The van der Waals surface area contributed by atoms with Crippen molar-refractivity contribution < 1.29 is 0 Å². The highest BCUT2D eigenvalue weighted by molar-refractivity contribution is 9.09. The first kappa shape index (κ1) is 13.1. The second-order valence-electron chi connectivity index (χ2n) is 5.95. The molecule has 0 heterocycles. The lowest BCUT2D eigenvalue weighted by molar-refractivity contribution is 0.312. The lowest BCUT2D eigenvalue weighted by Crippen LogP contribution is -2.17. The van der Waals surface area contributed by atoms with Crippen molar-refractivity contribution in [2.45, 2.75) is 56.7 Å². The third-order valence-electron chi connectivity index (χ3n) is 4.46. The third-order valence-corrected chi connectivity index (χ3v) is 5.73. The standard InChI is InChI=1S/C16H23Br/c1-4-16(2,3)14-10-8-13(9-11-14)15(17)12-6-5-7-12/h8-12,15H,4-7H2,1-3H3. The monoisotopic (exact) mass is 294 g/mol. The maximum atomic E-state index is 3.85. The van der Waals surface area contributed by atoms with Gasteiger partial charge in [0.1, 0.15) is 0 Å². The average molecular weight is 295 g/mol. The van der Waals surface area contributed by atoms with Crippen LogP contribution in [-0.4, -0.2) is 0 Å². The van der Waals surface area contributed by atoms with E-state index in [1.807, 2.05) is 0 Å². The summed E-state index contributed by atoms with van der Waals surface area (Å²) in [5, 5.41) is 0. The molecule has 0 nitrogen and oxygen atoms in total. The molecule has 0 radical (unpaired) electrons. The summed E-state index contributed by atoms with van der Waals surface area (Å²) in [6, 6.07) is 9.24. The minimum absolute atomic E-state index is 0.302. The van der Waals surface area contributed by atoms with Gasteiger partial charge < -0.3 is 0 Å². The normalized spacial score (nSPS) is 18.8. The van der Waals surface area contributed by atoms with E-state index in [1.54, 1.807) is 0 Å². The topological polar surface area (TPSA) is 0 Å². The minimum Gasteiger partial charge on any atom is -0.0836 e. The predicted octanol–water partition coefficient (Wildman–Crippen LogP) is 5.61. The Balaban J connectivity index is 2.12. The van der Waals surface area contributed by atoms with Crippen molar-refractivity contribution in [3.8, 4) is 0 Å². The molecule has 2 rings (SSSR count). The van der Waals surface area contributed by atoms with Gasteiger partial charge in [0.15, 0.2) is 0 Å². The Morgan fingerprint density at radius 3 is 2.24 bits per heavy atom. The molecule has 0 bridgehead atoms. The van der Waals surface area contributed by atoms with E-state index in [2.05, 4.69) is 61.0 Å². The van der Waals surface area contributed by atoms with Crippen LogP contribution in [0.3, 0.4) is 0 Å². The number of hydrogen-bond donors (Lipinski definition) is 0.